The van der Waals surface area contributed by atoms with Crippen molar-refractivity contribution >= 4 is 79.1 Å². The quantitative estimate of drug-likeness (QED) is 0.0384. The number of sulfone groups is 1. The number of amides is 4. The molecule has 25 heteroatoms. The highest BCUT2D eigenvalue weighted by Crippen LogP contribution is 2.45. The van der Waals surface area contributed by atoms with Gasteiger partial charge in [0.2, 0.25) is 17.7 Å². The van der Waals surface area contributed by atoms with Crippen LogP contribution in [0.25, 0.3) is 16.0 Å². The van der Waals surface area contributed by atoms with E-state index in [-0.39, 0.29) is 91.0 Å². The van der Waals surface area contributed by atoms with Gasteiger partial charge in [0.25, 0.3) is 15.7 Å². The zero-order valence-electron chi connectivity index (χ0n) is 60.1. The molecule has 4 amide bonds. The third-order valence-electron chi connectivity index (χ3n) is 21.2. The van der Waals surface area contributed by atoms with Gasteiger partial charge in [-0.3, -0.25) is 33.8 Å². The Morgan fingerprint density at radius 2 is 1.54 bits per heavy atom. The number of hydrogen-bond acceptors (Lipinski definition) is 16. The first-order valence-corrected chi connectivity index (χ1v) is 38.9. The highest BCUT2D eigenvalue weighted by Gasteiger charge is 2.49. The van der Waals surface area contributed by atoms with Gasteiger partial charge in [-0.15, -0.1) is 11.3 Å². The highest BCUT2D eigenvalue weighted by atomic mass is 35.5. The van der Waals surface area contributed by atoms with E-state index in [0.29, 0.717) is 62.7 Å². The van der Waals surface area contributed by atoms with Crippen LogP contribution in [0.3, 0.4) is 0 Å². The molecule has 4 aliphatic heterocycles. The number of aliphatic hydroxyl groups is 1. The zero-order chi connectivity index (χ0) is 73.1. The predicted molar refractivity (Wildman–Crippen MR) is 395 cm³/mol. The average molecular weight is 1470 g/mol. The van der Waals surface area contributed by atoms with Gasteiger partial charge >= 0.3 is 5.51 Å². The number of aliphatic hydroxyl groups excluding tert-OH is 1. The molecule has 4 aromatic carbocycles. The minimum atomic E-state index is -5.73. The first-order valence-electron chi connectivity index (χ1n) is 36.2. The first-order chi connectivity index (χ1) is 48.5. The molecule has 1 aliphatic carbocycles. The summed E-state index contributed by atoms with van der Waals surface area (Å²) in [6.07, 6.45) is 4.73. The van der Waals surface area contributed by atoms with Crippen LogP contribution in [-0.2, 0) is 40.3 Å². The van der Waals surface area contributed by atoms with Crippen molar-refractivity contribution in [1.82, 2.24) is 40.1 Å². The topological polar surface area (TPSA) is 217 Å². The average Bonchev–Trinajstić information content (AvgIpc) is 0.987. The lowest BCUT2D eigenvalue weighted by molar-refractivity contribution is -0.146. The molecule has 4 N–H and O–H groups in total. The number of nitrogens with one attached hydrogen (secondary N) is 3. The van der Waals surface area contributed by atoms with E-state index in [1.165, 1.54) is 33.7 Å². The molecule has 1 unspecified atom stereocenters. The number of allylic oxidation sites excluding steroid dienone is 1. The minimum Gasteiger partial charge on any atom is -0.391 e. The number of Topliss-reactive ketones (excluding diaryl/α,β-unsaturated/α-hetero) is 1. The van der Waals surface area contributed by atoms with Gasteiger partial charge in [-0.1, -0.05) is 94.3 Å². The Hall–Kier alpha value is -6.77. The van der Waals surface area contributed by atoms with Gasteiger partial charge in [0.05, 0.1) is 52.0 Å². The normalized spacial score (nSPS) is 21.0. The monoisotopic (exact) mass is 1470 g/mol. The zero-order valence-corrected chi connectivity index (χ0v) is 62.5. The number of ether oxygens (including phenoxy) is 1. The molecule has 5 aromatic rings. The van der Waals surface area contributed by atoms with Crippen LogP contribution in [0.1, 0.15) is 151 Å². The van der Waals surface area contributed by atoms with E-state index in [2.05, 4.69) is 59.6 Å². The molecule has 10 rings (SSSR count). The van der Waals surface area contributed by atoms with Crippen LogP contribution in [0.15, 0.2) is 107 Å². The molecular weight excluding hydrogens is 1370 g/mol. The number of likely N-dealkylation sites (tertiary alicyclic amines) is 1. The van der Waals surface area contributed by atoms with Gasteiger partial charge in [-0.25, -0.2) is 13.4 Å². The summed E-state index contributed by atoms with van der Waals surface area (Å²) >= 11 is 7.98. The van der Waals surface area contributed by atoms with Gasteiger partial charge < -0.3 is 45.4 Å². The van der Waals surface area contributed by atoms with Crippen molar-refractivity contribution in [2.75, 3.05) is 115 Å². The van der Waals surface area contributed by atoms with E-state index in [1.807, 2.05) is 100 Å². The van der Waals surface area contributed by atoms with E-state index >= 15 is 0 Å². The predicted octanol–water partition coefficient (Wildman–Crippen LogP) is 11.8. The molecule has 0 saturated carbocycles. The van der Waals surface area contributed by atoms with Crippen LogP contribution in [0.5, 0.6) is 0 Å². The first kappa shape index (κ1) is 77.8. The second-order valence-electron chi connectivity index (χ2n) is 29.9. The Bertz CT molecular complexity index is 3860. The van der Waals surface area contributed by atoms with Gasteiger partial charge in [0.1, 0.15) is 11.8 Å². The summed E-state index contributed by atoms with van der Waals surface area (Å²) in [5, 5.41) is 20.4. The van der Waals surface area contributed by atoms with Crippen LogP contribution < -0.4 is 20.9 Å². The van der Waals surface area contributed by atoms with E-state index in [1.54, 1.807) is 23.5 Å². The summed E-state index contributed by atoms with van der Waals surface area (Å²) in [5.74, 6) is -1.98. The fourth-order valence-corrected chi connectivity index (χ4v) is 17.0. The number of hydrogen-bond donors (Lipinski definition) is 4. The summed E-state index contributed by atoms with van der Waals surface area (Å²) in [7, 11) is -5.73. The SMILES string of the molecule is CC[C@@H](CCN1CCOCC1)Nc1ccc(CNC(=O)c2ccc(N3CCN(CC4=C(c5ccc(Cl)cc5)CCC(C)(CN5CCCN(C(=O)CCCC(=O)C[C@H](C(=O)N6C[C@H](O)C[C@H]6C(=O)N[C@@H](C)c6ccc(-c7scnc7C)cc6)C(C)(C)C)CC5)C4)CC3)cc2)cc1S(=O)(=O)C(F)(F)F. The summed E-state index contributed by atoms with van der Waals surface area (Å²) in [5.41, 5.74) is 3.86. The van der Waals surface area contributed by atoms with E-state index in [4.69, 9.17) is 16.3 Å². The number of morpholine rings is 1. The number of alkyl halides is 3. The van der Waals surface area contributed by atoms with Crippen LogP contribution in [0.2, 0.25) is 5.02 Å². The number of nitrogens with zero attached hydrogens (tertiary/aromatic N) is 7. The standard InChI is InChI=1S/C77H102ClF3N10O9S2/c1-8-61(28-32-86-39-41-100-42-40-86)85-67-26-13-54(43-69(67)102(98,99)77(79,80)81)47-82-72(95)58-20-24-62(25-21-58)89-36-33-87(34-37-89)48-59-46-76(7,29-27-65(59)56-18-22-60(78)23-19-56)50-88-30-10-31-90(38-35-88)70(94)12-9-11-63(92)44-66(75(4,5)6)74(97)91-49-64(93)45-68(91)73(96)84-52(2)55-14-16-57(17-15-55)71-53(3)83-51-101-71/h13-26,43,51-52,61,64,66,68,85,93H,8-12,27-42,44-50H2,1-7H3,(H,82,95)(H,84,96)/t52-,61-,64+,66+,68-,76?/m0/s1. The van der Waals surface area contributed by atoms with Crippen molar-refractivity contribution in [1.29, 1.82) is 0 Å². The lowest BCUT2D eigenvalue weighted by Crippen LogP contribution is -2.50. The molecule has 0 radical (unpaired) electrons. The van der Waals surface area contributed by atoms with E-state index in [0.717, 1.165) is 125 Å². The molecule has 1 aromatic heterocycles. The Kier molecular flexibility index (Phi) is 26.3. The van der Waals surface area contributed by atoms with Crippen molar-refractivity contribution in [3.63, 3.8) is 0 Å². The Balaban J connectivity index is 0.680. The molecule has 6 atom stereocenters. The molecule has 102 heavy (non-hydrogen) atoms. The Morgan fingerprint density at radius 1 is 0.843 bits per heavy atom. The second-order valence-corrected chi connectivity index (χ2v) is 33.1. The van der Waals surface area contributed by atoms with Crippen molar-refractivity contribution < 1.29 is 55.4 Å². The molecule has 19 nitrogen and oxygen atoms in total. The fraction of sp³-hybridized carbons (Fsp3) is 0.558. The molecule has 554 valence electrons. The third-order valence-corrected chi connectivity index (χ3v) is 23.9. The van der Waals surface area contributed by atoms with Gasteiger partial charge in [0.15, 0.2) is 0 Å². The number of rotatable bonds is 27. The van der Waals surface area contributed by atoms with Crippen molar-refractivity contribution in [3.8, 4) is 10.4 Å². The number of thiazole rings is 1. The molecule has 0 spiro atoms. The minimum absolute atomic E-state index is 0.000467. The van der Waals surface area contributed by atoms with Gasteiger partial charge in [0, 0.05) is 146 Å². The van der Waals surface area contributed by atoms with Gasteiger partial charge in [-0.2, -0.15) is 13.2 Å². The summed E-state index contributed by atoms with van der Waals surface area (Å²) < 4.78 is 73.6. The molecule has 5 heterocycles. The molecular formula is C77H102ClF3N10O9S2. The Morgan fingerprint density at radius 3 is 2.21 bits per heavy atom. The van der Waals surface area contributed by atoms with Crippen LogP contribution in [0, 0.1) is 23.7 Å². The van der Waals surface area contributed by atoms with Crippen LogP contribution >= 0.6 is 22.9 Å². The number of carbonyl (C=O) groups is 5. The maximum Gasteiger partial charge on any atom is 0.501 e. The Labute approximate surface area is 608 Å². The number of anilines is 2. The highest BCUT2D eigenvalue weighted by molar-refractivity contribution is 7.92. The number of piperazine rings is 1. The number of ketones is 1. The van der Waals surface area contributed by atoms with Crippen molar-refractivity contribution in [2.45, 2.75) is 160 Å². The maximum absolute atomic E-state index is 14.5. The van der Waals surface area contributed by atoms with Crippen LogP contribution in [0.4, 0.5) is 24.5 Å². The second kappa shape index (κ2) is 34.4. The largest absolute Gasteiger partial charge is 0.501 e. The molecule has 4 fully saturated rings. The van der Waals surface area contributed by atoms with Crippen molar-refractivity contribution in [3.05, 3.63) is 135 Å². The lowest BCUT2D eigenvalue weighted by atomic mass is 9.71. The number of β-amino-alcohol motifs (C(OH)–C–C–N with tert-alkyl or cyclic N) is 1. The third kappa shape index (κ3) is 20.2. The summed E-state index contributed by atoms with van der Waals surface area (Å²) in [4.78, 5) is 87.0. The molecule has 5 aliphatic rings. The summed E-state index contributed by atoms with van der Waals surface area (Å²) in [6, 6.07) is 25.7. The van der Waals surface area contributed by atoms with E-state index in [9.17, 15) is 50.7 Å². The number of carbonyl (C=O) groups excluding carboxylic acids is 5. The van der Waals surface area contributed by atoms with Crippen molar-refractivity contribution in [2.24, 2.45) is 16.7 Å². The number of halogens is 4. The summed E-state index contributed by atoms with van der Waals surface area (Å²) in [6.45, 7) is 24.8. The number of benzene rings is 4. The molecule has 0 bridgehead atoms. The van der Waals surface area contributed by atoms with Gasteiger partial charge in [-0.05, 0) is 153 Å². The lowest BCUT2D eigenvalue weighted by Gasteiger charge is -2.42. The smallest absolute Gasteiger partial charge is 0.391 e. The van der Waals surface area contributed by atoms with E-state index < -0.39 is 49.6 Å². The fourth-order valence-electron chi connectivity index (χ4n) is 15.1. The number of aromatic nitrogens is 1. The molecule has 4 saturated heterocycles. The van der Waals surface area contributed by atoms with Crippen LogP contribution in [-0.4, -0.2) is 201 Å². The maximum atomic E-state index is 14.5. The number of aryl methyl sites for hydroxylation is 1.